The van der Waals surface area contributed by atoms with Gasteiger partial charge in [-0.3, -0.25) is 9.10 Å². The second kappa shape index (κ2) is 10.0. The van der Waals surface area contributed by atoms with E-state index in [1.165, 1.54) is 18.5 Å². The van der Waals surface area contributed by atoms with Crippen LogP contribution >= 0.6 is 0 Å². The fraction of sp³-hybridized carbons (Fsp3) is 0.348. The van der Waals surface area contributed by atoms with E-state index in [-0.39, 0.29) is 24.6 Å². The maximum Gasteiger partial charge on any atom is 0.270 e. The lowest BCUT2D eigenvalue weighted by Gasteiger charge is -2.32. The van der Waals surface area contributed by atoms with E-state index in [1.807, 2.05) is 0 Å². The van der Waals surface area contributed by atoms with Gasteiger partial charge in [0.25, 0.3) is 15.9 Å². The summed E-state index contributed by atoms with van der Waals surface area (Å²) in [5.41, 5.74) is 1.36. The largest absolute Gasteiger partial charge is 0.497 e. The van der Waals surface area contributed by atoms with Gasteiger partial charge in [-0.05, 0) is 37.6 Å². The maximum absolute atomic E-state index is 13.3. The lowest BCUT2D eigenvalue weighted by molar-refractivity contribution is -0.116. The van der Waals surface area contributed by atoms with E-state index in [0.717, 1.165) is 0 Å². The Morgan fingerprint density at radius 1 is 1.00 bits per heavy atom. The van der Waals surface area contributed by atoms with E-state index in [2.05, 4.69) is 5.32 Å². The minimum Gasteiger partial charge on any atom is -0.497 e. The first-order valence-corrected chi connectivity index (χ1v) is 11.8. The smallest absolute Gasteiger partial charge is 0.270 e. The number of nitrogens with one attached hydrogen (secondary N) is 1. The number of amides is 1. The molecule has 0 bridgehead atoms. The molecule has 0 spiro atoms. The number of benzene rings is 2. The van der Waals surface area contributed by atoms with Crippen LogP contribution in [0.1, 0.15) is 19.4 Å². The molecule has 0 fully saturated rings. The number of fused-ring (bicyclic) bond motifs is 1. The number of hydrogen-bond acceptors (Lipinski definition) is 7. The number of nitrogens with zero attached hydrogens (tertiary/aromatic N) is 1. The summed E-state index contributed by atoms with van der Waals surface area (Å²) in [5, 5.41) is 2.65. The Labute approximate surface area is 193 Å². The molecule has 2 aromatic rings. The molecule has 1 N–H and O–H groups in total. The van der Waals surface area contributed by atoms with E-state index in [4.69, 9.17) is 18.9 Å². The number of allylic oxidation sites excluding steroid dienone is 1. The highest BCUT2D eigenvalue weighted by Crippen LogP contribution is 2.44. The van der Waals surface area contributed by atoms with Crippen molar-refractivity contribution in [3.05, 3.63) is 46.9 Å². The SMILES string of the molecule is CCN1c2cc(OC)c(OC)cc2C(C)=C(C(=O)NCCOc2cccc(OC)c2)S1(=O)=O. The van der Waals surface area contributed by atoms with Gasteiger partial charge >= 0.3 is 0 Å². The Morgan fingerprint density at radius 2 is 1.67 bits per heavy atom. The van der Waals surface area contributed by atoms with Crippen molar-refractivity contribution in [2.75, 3.05) is 45.3 Å². The highest BCUT2D eigenvalue weighted by Gasteiger charge is 2.39. The Kier molecular flexibility index (Phi) is 7.37. The molecular weight excluding hydrogens is 448 g/mol. The van der Waals surface area contributed by atoms with E-state index in [1.54, 1.807) is 57.4 Å². The second-order valence-corrected chi connectivity index (χ2v) is 8.93. The summed E-state index contributed by atoms with van der Waals surface area (Å²) in [6.45, 7) is 3.73. The summed E-state index contributed by atoms with van der Waals surface area (Å²) in [6, 6.07) is 10.4. The molecule has 10 heteroatoms. The van der Waals surface area contributed by atoms with Crippen LogP contribution in [-0.2, 0) is 14.8 Å². The summed E-state index contributed by atoms with van der Waals surface area (Å²) < 4.78 is 49.3. The molecule has 178 valence electrons. The summed E-state index contributed by atoms with van der Waals surface area (Å²) in [7, 11) is 0.463. The van der Waals surface area contributed by atoms with Crippen molar-refractivity contribution < 1.29 is 32.2 Å². The van der Waals surface area contributed by atoms with Gasteiger partial charge in [0.05, 0.1) is 33.6 Å². The molecule has 0 unspecified atom stereocenters. The molecule has 1 aliphatic heterocycles. The normalized spacial score (nSPS) is 14.4. The Bertz CT molecular complexity index is 1180. The molecule has 0 saturated heterocycles. The van der Waals surface area contributed by atoms with Gasteiger partial charge in [0.2, 0.25) is 0 Å². The topological polar surface area (TPSA) is 103 Å². The van der Waals surface area contributed by atoms with Gasteiger partial charge in [0.15, 0.2) is 16.4 Å². The third-order valence-electron chi connectivity index (χ3n) is 5.25. The molecule has 1 heterocycles. The first kappa shape index (κ1) is 24.2. The van der Waals surface area contributed by atoms with Gasteiger partial charge in [-0.1, -0.05) is 6.07 Å². The molecular formula is C23H28N2O7S. The van der Waals surface area contributed by atoms with Crippen LogP contribution in [0.3, 0.4) is 0 Å². The van der Waals surface area contributed by atoms with Crippen molar-refractivity contribution in [2.45, 2.75) is 13.8 Å². The first-order chi connectivity index (χ1) is 15.8. The third kappa shape index (κ3) is 4.70. The number of rotatable bonds is 9. The molecule has 1 amide bonds. The minimum atomic E-state index is -4.07. The van der Waals surface area contributed by atoms with Crippen LogP contribution in [-0.4, -0.2) is 55.4 Å². The van der Waals surface area contributed by atoms with E-state index >= 15 is 0 Å². The molecule has 33 heavy (non-hydrogen) atoms. The number of ether oxygens (including phenoxy) is 4. The van der Waals surface area contributed by atoms with E-state index < -0.39 is 15.9 Å². The predicted molar refractivity (Wildman–Crippen MR) is 126 cm³/mol. The van der Waals surface area contributed by atoms with Crippen LogP contribution in [0.15, 0.2) is 41.3 Å². The van der Waals surface area contributed by atoms with E-state index in [9.17, 15) is 13.2 Å². The number of anilines is 1. The van der Waals surface area contributed by atoms with Crippen LogP contribution in [0.4, 0.5) is 5.69 Å². The first-order valence-electron chi connectivity index (χ1n) is 10.3. The zero-order chi connectivity index (χ0) is 24.2. The minimum absolute atomic E-state index is 0.118. The van der Waals surface area contributed by atoms with Gasteiger partial charge in [0, 0.05) is 24.2 Å². The Hall–Kier alpha value is -3.40. The van der Waals surface area contributed by atoms with Gasteiger partial charge in [-0.15, -0.1) is 0 Å². The molecule has 0 radical (unpaired) electrons. The molecule has 9 nitrogen and oxygen atoms in total. The van der Waals surface area contributed by atoms with Crippen molar-refractivity contribution in [3.63, 3.8) is 0 Å². The number of carbonyl (C=O) groups excluding carboxylic acids is 1. The predicted octanol–water partition coefficient (Wildman–Crippen LogP) is 2.81. The highest BCUT2D eigenvalue weighted by molar-refractivity contribution is 7.97. The van der Waals surface area contributed by atoms with Crippen LogP contribution < -0.4 is 28.6 Å². The van der Waals surface area contributed by atoms with Gasteiger partial charge in [0.1, 0.15) is 18.1 Å². The zero-order valence-electron chi connectivity index (χ0n) is 19.3. The van der Waals surface area contributed by atoms with E-state index in [0.29, 0.717) is 39.8 Å². The molecule has 0 atom stereocenters. The summed E-state index contributed by atoms with van der Waals surface area (Å²) in [5.74, 6) is 1.38. The number of sulfonamides is 1. The van der Waals surface area contributed by atoms with Gasteiger partial charge in [-0.2, -0.15) is 0 Å². The standard InChI is InChI=1S/C23H28N2O7S/c1-6-25-19-14-21(31-5)20(30-4)13-18(19)15(2)22(33(25,27)28)23(26)24-10-11-32-17-9-7-8-16(12-17)29-3/h7-9,12-14H,6,10-11H2,1-5H3,(H,24,26). The van der Waals surface area contributed by atoms with Crippen molar-refractivity contribution in [1.82, 2.24) is 5.32 Å². The third-order valence-corrected chi connectivity index (χ3v) is 7.30. The highest BCUT2D eigenvalue weighted by atomic mass is 32.2. The molecule has 0 aliphatic carbocycles. The van der Waals surface area contributed by atoms with Gasteiger partial charge < -0.3 is 24.3 Å². The summed E-state index contributed by atoms with van der Waals surface area (Å²) in [4.78, 5) is 12.7. The Morgan fingerprint density at radius 3 is 2.30 bits per heavy atom. The number of methoxy groups -OCH3 is 3. The monoisotopic (exact) mass is 476 g/mol. The van der Waals surface area contributed by atoms with Crippen LogP contribution in [0.5, 0.6) is 23.0 Å². The maximum atomic E-state index is 13.3. The summed E-state index contributed by atoms with van der Waals surface area (Å²) >= 11 is 0. The fourth-order valence-electron chi connectivity index (χ4n) is 3.66. The fourth-order valence-corrected chi connectivity index (χ4v) is 5.44. The quantitative estimate of drug-likeness (QED) is 0.555. The van der Waals surface area contributed by atoms with Crippen molar-refractivity contribution >= 4 is 27.2 Å². The van der Waals surface area contributed by atoms with Crippen LogP contribution in [0, 0.1) is 0 Å². The van der Waals surface area contributed by atoms with Crippen LogP contribution in [0.2, 0.25) is 0 Å². The molecule has 3 rings (SSSR count). The average molecular weight is 477 g/mol. The second-order valence-electron chi connectivity index (χ2n) is 7.13. The summed E-state index contributed by atoms with van der Waals surface area (Å²) in [6.07, 6.45) is 0. The molecule has 0 saturated carbocycles. The van der Waals surface area contributed by atoms with Crippen molar-refractivity contribution in [3.8, 4) is 23.0 Å². The lowest BCUT2D eigenvalue weighted by atomic mass is 10.0. The number of hydrogen-bond donors (Lipinski definition) is 1. The van der Waals surface area contributed by atoms with Crippen molar-refractivity contribution in [1.29, 1.82) is 0 Å². The lowest BCUT2D eigenvalue weighted by Crippen LogP contribution is -2.41. The van der Waals surface area contributed by atoms with Crippen LogP contribution in [0.25, 0.3) is 5.57 Å². The van der Waals surface area contributed by atoms with Crippen molar-refractivity contribution in [2.24, 2.45) is 0 Å². The Balaban J connectivity index is 1.85. The average Bonchev–Trinajstić information content (AvgIpc) is 2.81. The molecule has 1 aliphatic rings. The molecule has 2 aromatic carbocycles. The van der Waals surface area contributed by atoms with Gasteiger partial charge in [-0.25, -0.2) is 8.42 Å². The zero-order valence-corrected chi connectivity index (χ0v) is 20.1. The molecule has 0 aromatic heterocycles. The number of carbonyl (C=O) groups is 1.